The van der Waals surface area contributed by atoms with Crippen LogP contribution in [-0.4, -0.2) is 57.6 Å². The van der Waals surface area contributed by atoms with Gasteiger partial charge in [-0.2, -0.15) is 0 Å². The van der Waals surface area contributed by atoms with Gasteiger partial charge in [-0.05, 0) is 55.0 Å². The Morgan fingerprint density at radius 3 is 2.20 bits per heavy atom. The molecule has 3 aromatic carbocycles. The van der Waals surface area contributed by atoms with Gasteiger partial charge in [0.25, 0.3) is 11.8 Å². The standard InChI is InChI=1S/C28H24N6O6/c1-3-33(19-10-8-16(9-11-19)12-20-25(36)29-28(39)30-26(20)37)15-18-13-17(27(38)40-2)14-23(24(18)35)34-31-21-6-4-5-7-22(21)32-34/h4-14,35H,3,15H2,1-2H3,(H2,29,30,36,37,39). The molecule has 0 atom stereocenters. The van der Waals surface area contributed by atoms with Crippen LogP contribution in [0.4, 0.5) is 10.5 Å². The molecule has 3 N–H and O–H groups in total. The minimum Gasteiger partial charge on any atom is -0.505 e. The highest BCUT2D eigenvalue weighted by Gasteiger charge is 2.27. The number of nitrogens with zero attached hydrogens (tertiary/aromatic N) is 4. The Balaban J connectivity index is 1.46. The van der Waals surface area contributed by atoms with Gasteiger partial charge >= 0.3 is 12.0 Å². The lowest BCUT2D eigenvalue weighted by Gasteiger charge is -2.24. The molecule has 40 heavy (non-hydrogen) atoms. The highest BCUT2D eigenvalue weighted by molar-refractivity contribution is 6.31. The fraction of sp³-hybridized carbons (Fsp3) is 0.143. The lowest BCUT2D eigenvalue weighted by atomic mass is 10.1. The number of urea groups is 1. The summed E-state index contributed by atoms with van der Waals surface area (Å²) in [6.07, 6.45) is 1.39. The molecule has 5 rings (SSSR count). The Kier molecular flexibility index (Phi) is 6.98. The number of carbonyl (C=O) groups excluding carboxylic acids is 4. The third-order valence-corrected chi connectivity index (χ3v) is 6.35. The highest BCUT2D eigenvalue weighted by atomic mass is 16.5. The van der Waals surface area contributed by atoms with E-state index in [-0.39, 0.29) is 29.1 Å². The molecule has 1 fully saturated rings. The molecule has 0 bridgehead atoms. The zero-order valence-corrected chi connectivity index (χ0v) is 21.5. The summed E-state index contributed by atoms with van der Waals surface area (Å²) < 4.78 is 4.93. The van der Waals surface area contributed by atoms with Gasteiger partial charge in [-0.3, -0.25) is 20.2 Å². The fourth-order valence-corrected chi connectivity index (χ4v) is 4.30. The molecule has 1 saturated heterocycles. The maximum atomic E-state index is 12.5. The summed E-state index contributed by atoms with van der Waals surface area (Å²) in [5.41, 5.74) is 3.35. The molecule has 202 valence electrons. The summed E-state index contributed by atoms with van der Waals surface area (Å²) in [6.45, 7) is 2.72. The molecule has 12 nitrogen and oxygen atoms in total. The number of aromatic hydroxyl groups is 1. The van der Waals surface area contributed by atoms with Crippen LogP contribution in [0.5, 0.6) is 5.75 Å². The summed E-state index contributed by atoms with van der Waals surface area (Å²) in [6, 6.07) is 16.5. The number of fused-ring (bicyclic) bond motifs is 1. The second kappa shape index (κ2) is 10.7. The number of barbiturate groups is 1. The smallest absolute Gasteiger partial charge is 0.337 e. The van der Waals surface area contributed by atoms with E-state index in [1.807, 2.05) is 34.6 Å². The number of carbonyl (C=O) groups is 4. The van der Waals surface area contributed by atoms with Crippen molar-refractivity contribution in [2.75, 3.05) is 18.6 Å². The molecule has 0 unspecified atom stereocenters. The van der Waals surface area contributed by atoms with Crippen molar-refractivity contribution in [3.63, 3.8) is 0 Å². The predicted molar refractivity (Wildman–Crippen MR) is 145 cm³/mol. The lowest BCUT2D eigenvalue weighted by Crippen LogP contribution is -2.51. The van der Waals surface area contributed by atoms with E-state index in [1.165, 1.54) is 24.0 Å². The van der Waals surface area contributed by atoms with Crippen molar-refractivity contribution in [3.05, 3.63) is 82.9 Å². The van der Waals surface area contributed by atoms with E-state index in [1.54, 1.807) is 42.5 Å². The van der Waals surface area contributed by atoms with Gasteiger partial charge in [0.05, 0.1) is 12.7 Å². The maximum absolute atomic E-state index is 12.5. The van der Waals surface area contributed by atoms with E-state index < -0.39 is 23.8 Å². The van der Waals surface area contributed by atoms with E-state index in [2.05, 4.69) is 10.2 Å². The van der Waals surface area contributed by atoms with Gasteiger partial charge in [0.1, 0.15) is 28.0 Å². The number of amides is 4. The Bertz CT molecular complexity index is 1640. The minimum absolute atomic E-state index is 0.0865. The molecule has 0 spiro atoms. The van der Waals surface area contributed by atoms with E-state index in [0.29, 0.717) is 28.7 Å². The van der Waals surface area contributed by atoms with E-state index >= 15 is 0 Å². The van der Waals surface area contributed by atoms with Gasteiger partial charge in [0.15, 0.2) is 0 Å². The number of ether oxygens (including phenoxy) is 1. The fourth-order valence-electron chi connectivity index (χ4n) is 4.30. The van der Waals surface area contributed by atoms with Crippen LogP contribution in [0, 0.1) is 0 Å². The number of imide groups is 2. The Hall–Kier alpha value is -5.52. The van der Waals surface area contributed by atoms with E-state index in [9.17, 15) is 24.3 Å². The Morgan fingerprint density at radius 2 is 1.62 bits per heavy atom. The first-order chi connectivity index (χ1) is 19.3. The molecule has 4 amide bonds. The van der Waals surface area contributed by atoms with Gasteiger partial charge in [0, 0.05) is 24.3 Å². The average molecular weight is 541 g/mol. The van der Waals surface area contributed by atoms with Gasteiger partial charge in [-0.15, -0.1) is 15.0 Å². The molecular formula is C28H24N6O6. The molecular weight excluding hydrogens is 516 g/mol. The zero-order valence-electron chi connectivity index (χ0n) is 21.5. The van der Waals surface area contributed by atoms with Crippen molar-refractivity contribution < 1.29 is 29.0 Å². The molecule has 4 aromatic rings. The number of hydrogen-bond donors (Lipinski definition) is 3. The number of nitrogens with one attached hydrogen (secondary N) is 2. The van der Waals surface area contributed by atoms with Crippen LogP contribution in [0.25, 0.3) is 22.8 Å². The molecule has 12 heteroatoms. The number of benzene rings is 3. The summed E-state index contributed by atoms with van der Waals surface area (Å²) in [4.78, 5) is 51.0. The van der Waals surface area contributed by atoms with Crippen molar-refractivity contribution in [2.24, 2.45) is 0 Å². The number of methoxy groups -OCH3 is 1. The molecule has 0 aliphatic carbocycles. The molecule has 0 radical (unpaired) electrons. The topological polar surface area (TPSA) is 156 Å². The van der Waals surface area contributed by atoms with Crippen molar-refractivity contribution >= 4 is 46.6 Å². The number of esters is 1. The van der Waals surface area contributed by atoms with Gasteiger partial charge < -0.3 is 14.7 Å². The maximum Gasteiger partial charge on any atom is 0.337 e. The number of phenolic OH excluding ortho intramolecular Hbond substituents is 1. The third-order valence-electron chi connectivity index (χ3n) is 6.35. The molecule has 1 aromatic heterocycles. The first kappa shape index (κ1) is 26.1. The normalized spacial score (nSPS) is 13.2. The van der Waals surface area contributed by atoms with Gasteiger partial charge in [-0.25, -0.2) is 9.59 Å². The summed E-state index contributed by atoms with van der Waals surface area (Å²) in [7, 11) is 1.28. The van der Waals surface area contributed by atoms with Crippen LogP contribution >= 0.6 is 0 Å². The summed E-state index contributed by atoms with van der Waals surface area (Å²) in [5, 5.41) is 24.2. The lowest BCUT2D eigenvalue weighted by molar-refractivity contribution is -0.123. The van der Waals surface area contributed by atoms with Gasteiger partial charge in [0.2, 0.25) is 0 Å². The van der Waals surface area contributed by atoms with Crippen LogP contribution in [0.15, 0.2) is 66.2 Å². The molecule has 2 heterocycles. The van der Waals surface area contributed by atoms with Crippen LogP contribution in [0.1, 0.15) is 28.4 Å². The number of aromatic nitrogens is 3. The second-order valence-electron chi connectivity index (χ2n) is 8.87. The Labute approximate surface area is 227 Å². The van der Waals surface area contributed by atoms with Crippen LogP contribution in [0.2, 0.25) is 0 Å². The summed E-state index contributed by atoms with van der Waals surface area (Å²) >= 11 is 0. The second-order valence-corrected chi connectivity index (χ2v) is 8.87. The molecule has 1 aliphatic rings. The van der Waals surface area contributed by atoms with Crippen molar-refractivity contribution in [1.82, 2.24) is 25.6 Å². The largest absolute Gasteiger partial charge is 0.505 e. The third kappa shape index (κ3) is 5.10. The van der Waals surface area contributed by atoms with E-state index in [4.69, 9.17) is 4.74 Å². The van der Waals surface area contributed by atoms with Crippen LogP contribution in [-0.2, 0) is 20.9 Å². The monoisotopic (exact) mass is 540 g/mol. The van der Waals surface area contributed by atoms with Crippen LogP contribution < -0.4 is 15.5 Å². The number of rotatable bonds is 7. The minimum atomic E-state index is -0.861. The quantitative estimate of drug-likeness (QED) is 0.182. The number of phenols is 1. The molecule has 1 aliphatic heterocycles. The van der Waals surface area contributed by atoms with Crippen molar-refractivity contribution in [3.8, 4) is 11.4 Å². The van der Waals surface area contributed by atoms with Crippen molar-refractivity contribution in [2.45, 2.75) is 13.5 Å². The molecule has 0 saturated carbocycles. The van der Waals surface area contributed by atoms with Crippen LogP contribution in [0.3, 0.4) is 0 Å². The SMILES string of the molecule is CCN(Cc1cc(C(=O)OC)cc(-n2nc3ccccc3n2)c1O)c1ccc(C=C2C(=O)NC(=O)NC2=O)cc1. The summed E-state index contributed by atoms with van der Waals surface area (Å²) in [5.74, 6) is -2.21. The van der Waals surface area contributed by atoms with E-state index in [0.717, 1.165) is 5.69 Å². The highest BCUT2D eigenvalue weighted by Crippen LogP contribution is 2.31. The van der Waals surface area contributed by atoms with Gasteiger partial charge in [-0.1, -0.05) is 24.3 Å². The number of anilines is 1. The first-order valence-corrected chi connectivity index (χ1v) is 12.3. The zero-order chi connectivity index (χ0) is 28.4. The number of hydrogen-bond acceptors (Lipinski definition) is 9. The van der Waals surface area contributed by atoms with Crippen molar-refractivity contribution in [1.29, 1.82) is 0 Å². The average Bonchev–Trinajstić information content (AvgIpc) is 3.38. The Morgan fingerprint density at radius 1 is 1.00 bits per heavy atom. The predicted octanol–water partition coefficient (Wildman–Crippen LogP) is 2.69. The first-order valence-electron chi connectivity index (χ1n) is 12.3.